The largest absolute Gasteiger partial charge is 0.424 e. The number of H-pyrrole nitrogens is 1. The zero-order valence-electron chi connectivity index (χ0n) is 13.5. The number of benzene rings is 2. The van der Waals surface area contributed by atoms with Gasteiger partial charge in [0.1, 0.15) is 5.75 Å². The van der Waals surface area contributed by atoms with Gasteiger partial charge in [-0.15, -0.1) is 0 Å². The molecule has 0 aliphatic rings. The van der Waals surface area contributed by atoms with Crippen LogP contribution in [0.5, 0.6) is 11.8 Å². The van der Waals surface area contributed by atoms with Gasteiger partial charge in [-0.05, 0) is 18.2 Å². The minimum atomic E-state index is -4.55. The molecule has 0 atom stereocenters. The van der Waals surface area contributed by atoms with Crippen molar-refractivity contribution in [2.45, 2.75) is 6.18 Å². The molecule has 1 N–H and O–H groups in total. The minimum Gasteiger partial charge on any atom is -0.424 e. The van der Waals surface area contributed by atoms with E-state index in [2.05, 4.69) is 20.2 Å². The Morgan fingerprint density at radius 3 is 2.52 bits per heavy atom. The zero-order valence-corrected chi connectivity index (χ0v) is 14.2. The number of hydrogen-bond acceptors (Lipinski definition) is 4. The van der Waals surface area contributed by atoms with Crippen molar-refractivity contribution in [3.05, 3.63) is 65.3 Å². The lowest BCUT2D eigenvalue weighted by molar-refractivity contribution is -0.138. The van der Waals surface area contributed by atoms with E-state index in [0.29, 0.717) is 21.7 Å². The van der Waals surface area contributed by atoms with E-state index in [1.165, 1.54) is 24.4 Å². The van der Waals surface area contributed by atoms with Crippen LogP contribution in [-0.2, 0) is 6.18 Å². The predicted octanol–water partition coefficient (Wildman–Crippen LogP) is 5.48. The maximum Gasteiger partial charge on any atom is 0.419 e. The number of ether oxygens (including phenoxy) is 1. The zero-order chi connectivity index (χ0) is 19.0. The molecule has 4 rings (SSSR count). The third kappa shape index (κ3) is 3.31. The molecule has 136 valence electrons. The Bertz CT molecular complexity index is 1130. The Morgan fingerprint density at radius 1 is 1.00 bits per heavy atom. The number of aromatic nitrogens is 4. The molecule has 0 aliphatic heterocycles. The van der Waals surface area contributed by atoms with Crippen molar-refractivity contribution >= 4 is 22.6 Å². The molecule has 27 heavy (non-hydrogen) atoms. The number of nitrogens with zero attached hydrogens (tertiary/aromatic N) is 3. The van der Waals surface area contributed by atoms with Crippen LogP contribution < -0.4 is 4.74 Å². The quantitative estimate of drug-likeness (QED) is 0.502. The van der Waals surface area contributed by atoms with Crippen molar-refractivity contribution < 1.29 is 17.9 Å². The van der Waals surface area contributed by atoms with Crippen LogP contribution in [0.1, 0.15) is 5.56 Å². The summed E-state index contributed by atoms with van der Waals surface area (Å²) in [6.07, 6.45) is -3.12. The summed E-state index contributed by atoms with van der Waals surface area (Å²) in [5, 5.41) is 7.98. The van der Waals surface area contributed by atoms with Gasteiger partial charge in [0, 0.05) is 16.8 Å². The monoisotopic (exact) mass is 390 g/mol. The van der Waals surface area contributed by atoms with Gasteiger partial charge in [-0.25, -0.2) is 4.98 Å². The lowest BCUT2D eigenvalue weighted by atomic mass is 10.1. The second-order valence-corrected chi connectivity index (χ2v) is 5.97. The molecule has 0 amide bonds. The molecule has 0 spiro atoms. The number of hydrogen-bond donors (Lipinski definition) is 1. The van der Waals surface area contributed by atoms with Crippen molar-refractivity contribution in [3.63, 3.8) is 0 Å². The molecule has 0 unspecified atom stereocenters. The van der Waals surface area contributed by atoms with Crippen molar-refractivity contribution in [2.24, 2.45) is 0 Å². The van der Waals surface area contributed by atoms with E-state index in [-0.39, 0.29) is 17.4 Å². The van der Waals surface area contributed by atoms with Gasteiger partial charge in [0.2, 0.25) is 0 Å². The number of halogens is 4. The summed E-state index contributed by atoms with van der Waals surface area (Å²) in [5.41, 5.74) is 0.658. The minimum absolute atomic E-state index is 0.239. The van der Waals surface area contributed by atoms with Crippen LogP contribution >= 0.6 is 11.6 Å². The lowest BCUT2D eigenvalue weighted by Crippen LogP contribution is -2.07. The Hall–Kier alpha value is -3.13. The van der Waals surface area contributed by atoms with Crippen LogP contribution in [0.25, 0.3) is 22.3 Å². The van der Waals surface area contributed by atoms with Crippen LogP contribution in [0.3, 0.4) is 0 Å². The van der Waals surface area contributed by atoms with Gasteiger partial charge in [-0.3, -0.25) is 5.10 Å². The van der Waals surface area contributed by atoms with E-state index < -0.39 is 11.7 Å². The van der Waals surface area contributed by atoms with Crippen LogP contribution in [0.2, 0.25) is 5.02 Å². The molecule has 5 nitrogen and oxygen atoms in total. The molecule has 9 heteroatoms. The highest BCUT2D eigenvalue weighted by Crippen LogP contribution is 2.37. The first-order valence-electron chi connectivity index (χ1n) is 7.73. The third-order valence-electron chi connectivity index (χ3n) is 3.83. The van der Waals surface area contributed by atoms with Crippen molar-refractivity contribution in [1.29, 1.82) is 0 Å². The predicted molar refractivity (Wildman–Crippen MR) is 93.6 cm³/mol. The molecule has 4 aromatic rings. The molecular weight excluding hydrogens is 381 g/mol. The van der Waals surface area contributed by atoms with E-state index in [1.807, 2.05) is 6.07 Å². The Labute approximate surface area is 155 Å². The summed E-state index contributed by atoms with van der Waals surface area (Å²) in [5.74, 6) is -0.383. The summed E-state index contributed by atoms with van der Waals surface area (Å²) < 4.78 is 44.5. The molecule has 0 aliphatic carbocycles. The van der Waals surface area contributed by atoms with Gasteiger partial charge in [-0.2, -0.15) is 23.3 Å². The molecule has 0 bridgehead atoms. The van der Waals surface area contributed by atoms with Crippen molar-refractivity contribution in [2.75, 3.05) is 0 Å². The highest BCUT2D eigenvalue weighted by atomic mass is 35.5. The lowest BCUT2D eigenvalue weighted by Gasteiger charge is -2.12. The fourth-order valence-corrected chi connectivity index (χ4v) is 2.82. The van der Waals surface area contributed by atoms with E-state index in [1.54, 1.807) is 18.2 Å². The molecule has 2 aromatic carbocycles. The van der Waals surface area contributed by atoms with Gasteiger partial charge in [0.05, 0.1) is 16.6 Å². The number of nitrogens with one attached hydrogen (secondary N) is 1. The first kappa shape index (κ1) is 17.3. The molecule has 0 saturated heterocycles. The van der Waals surface area contributed by atoms with E-state index >= 15 is 0 Å². The SMILES string of the molecule is FC(F)(F)c1ccccc1Oc1ncc2c(-c3ccccc3Cl)[nH]nc2n1. The van der Waals surface area contributed by atoms with Crippen LogP contribution in [0.15, 0.2) is 54.7 Å². The topological polar surface area (TPSA) is 63.7 Å². The fraction of sp³-hybridized carbons (Fsp3) is 0.0556. The number of alkyl halides is 3. The summed E-state index contributed by atoms with van der Waals surface area (Å²) in [7, 11) is 0. The molecule has 2 aromatic heterocycles. The van der Waals surface area contributed by atoms with E-state index in [4.69, 9.17) is 16.3 Å². The highest BCUT2D eigenvalue weighted by molar-refractivity contribution is 6.33. The Kier molecular flexibility index (Phi) is 4.19. The first-order valence-corrected chi connectivity index (χ1v) is 8.11. The van der Waals surface area contributed by atoms with Crippen molar-refractivity contribution in [3.8, 4) is 23.0 Å². The van der Waals surface area contributed by atoms with Crippen LogP contribution in [0, 0.1) is 0 Å². The average Bonchev–Trinajstić information content (AvgIpc) is 3.05. The summed E-state index contributed by atoms with van der Waals surface area (Å²) in [6.45, 7) is 0. The number of para-hydroxylation sites is 1. The Morgan fingerprint density at radius 2 is 1.74 bits per heavy atom. The smallest absolute Gasteiger partial charge is 0.419 e. The molecule has 2 heterocycles. The molecule has 0 fully saturated rings. The van der Waals surface area contributed by atoms with Gasteiger partial charge >= 0.3 is 12.2 Å². The maximum absolute atomic E-state index is 13.1. The van der Waals surface area contributed by atoms with Gasteiger partial charge in [0.15, 0.2) is 5.65 Å². The Balaban J connectivity index is 1.72. The van der Waals surface area contributed by atoms with Gasteiger partial charge in [-0.1, -0.05) is 41.9 Å². The average molecular weight is 391 g/mol. The molecule has 0 radical (unpaired) electrons. The van der Waals surface area contributed by atoms with E-state index in [9.17, 15) is 13.2 Å². The molecule has 0 saturated carbocycles. The van der Waals surface area contributed by atoms with E-state index in [0.717, 1.165) is 6.07 Å². The second-order valence-electron chi connectivity index (χ2n) is 5.56. The third-order valence-corrected chi connectivity index (χ3v) is 4.16. The fourth-order valence-electron chi connectivity index (χ4n) is 2.59. The van der Waals surface area contributed by atoms with Crippen LogP contribution in [-0.4, -0.2) is 20.2 Å². The van der Waals surface area contributed by atoms with Gasteiger partial charge < -0.3 is 4.74 Å². The standard InChI is InChI=1S/C18H10ClF3N4O/c19-13-7-3-1-5-10(13)15-11-9-23-17(24-16(11)26-25-15)27-14-8-4-2-6-12(14)18(20,21)22/h1-9H,(H,23,24,25,26). The number of fused-ring (bicyclic) bond motifs is 1. The van der Waals surface area contributed by atoms with Crippen LogP contribution in [0.4, 0.5) is 13.2 Å². The molecular formula is C18H10ClF3N4O. The van der Waals surface area contributed by atoms with Crippen molar-refractivity contribution in [1.82, 2.24) is 20.2 Å². The number of aromatic amines is 1. The second kappa shape index (κ2) is 6.55. The first-order chi connectivity index (χ1) is 12.9. The number of rotatable bonds is 3. The summed E-state index contributed by atoms with van der Waals surface area (Å²) >= 11 is 6.19. The maximum atomic E-state index is 13.1. The highest BCUT2D eigenvalue weighted by Gasteiger charge is 2.34. The summed E-state index contributed by atoms with van der Waals surface area (Å²) in [4.78, 5) is 8.09. The van der Waals surface area contributed by atoms with Gasteiger partial charge in [0.25, 0.3) is 0 Å². The normalized spacial score (nSPS) is 11.7. The summed E-state index contributed by atoms with van der Waals surface area (Å²) in [6, 6.07) is 11.8.